The van der Waals surface area contributed by atoms with E-state index in [4.69, 9.17) is 0 Å². The highest BCUT2D eigenvalue weighted by atomic mass is 16.1. The fourth-order valence-corrected chi connectivity index (χ4v) is 2.72. The number of amides is 1. The van der Waals surface area contributed by atoms with Crippen LogP contribution in [0.5, 0.6) is 0 Å². The van der Waals surface area contributed by atoms with Crippen molar-refractivity contribution in [2.45, 2.75) is 32.7 Å². The highest BCUT2D eigenvalue weighted by molar-refractivity contribution is 5.76. The van der Waals surface area contributed by atoms with Gasteiger partial charge in [-0.15, -0.1) is 0 Å². The number of para-hydroxylation sites is 1. The van der Waals surface area contributed by atoms with Gasteiger partial charge in [0.2, 0.25) is 5.91 Å². The van der Waals surface area contributed by atoms with Gasteiger partial charge in [-0.3, -0.25) is 4.79 Å². The van der Waals surface area contributed by atoms with E-state index in [1.165, 1.54) is 5.56 Å². The maximum atomic E-state index is 12.2. The van der Waals surface area contributed by atoms with Crippen molar-refractivity contribution in [1.82, 2.24) is 15.1 Å². The van der Waals surface area contributed by atoms with Gasteiger partial charge < -0.3 is 5.32 Å². The number of aryl methyl sites for hydroxylation is 2. The second-order valence-electron chi connectivity index (χ2n) is 6.33. The number of nitrogens with zero attached hydrogens (tertiary/aromatic N) is 2. The predicted molar refractivity (Wildman–Crippen MR) is 99.6 cm³/mol. The zero-order valence-corrected chi connectivity index (χ0v) is 14.6. The molecule has 4 nitrogen and oxygen atoms in total. The van der Waals surface area contributed by atoms with Crippen molar-refractivity contribution in [2.75, 3.05) is 0 Å². The van der Waals surface area contributed by atoms with Crippen LogP contribution in [0.2, 0.25) is 0 Å². The topological polar surface area (TPSA) is 46.9 Å². The lowest BCUT2D eigenvalue weighted by Gasteiger charge is -2.14. The minimum absolute atomic E-state index is 0.0140. The summed E-state index contributed by atoms with van der Waals surface area (Å²) in [6, 6.07) is 18.2. The molecule has 25 heavy (non-hydrogen) atoms. The summed E-state index contributed by atoms with van der Waals surface area (Å²) in [5.41, 5.74) is 4.42. The Morgan fingerprint density at radius 3 is 2.56 bits per heavy atom. The van der Waals surface area contributed by atoms with Crippen LogP contribution in [0.25, 0.3) is 5.69 Å². The first-order chi connectivity index (χ1) is 12.1. The highest BCUT2D eigenvalue weighted by Gasteiger charge is 2.10. The summed E-state index contributed by atoms with van der Waals surface area (Å²) in [5.74, 6) is 0.0561. The maximum Gasteiger partial charge on any atom is 0.220 e. The SMILES string of the molecule is Cc1ccc(C(C)NC(=O)CCc2cnn(-c3ccccc3)c2)cc1. The molecule has 0 fully saturated rings. The third-order valence-electron chi connectivity index (χ3n) is 4.25. The molecule has 4 heteroatoms. The van der Waals surface area contributed by atoms with Crippen LogP contribution in [-0.2, 0) is 11.2 Å². The zero-order chi connectivity index (χ0) is 17.6. The first-order valence-electron chi connectivity index (χ1n) is 8.57. The third-order valence-corrected chi connectivity index (χ3v) is 4.25. The Hall–Kier alpha value is -2.88. The zero-order valence-electron chi connectivity index (χ0n) is 14.6. The third kappa shape index (κ3) is 4.57. The van der Waals surface area contributed by atoms with Gasteiger partial charge in [0.1, 0.15) is 0 Å². The molecule has 0 aliphatic rings. The normalized spacial score (nSPS) is 11.9. The summed E-state index contributed by atoms with van der Waals surface area (Å²) < 4.78 is 1.84. The van der Waals surface area contributed by atoms with E-state index in [1.807, 2.05) is 54.3 Å². The smallest absolute Gasteiger partial charge is 0.220 e. The van der Waals surface area contributed by atoms with Crippen LogP contribution in [0.1, 0.15) is 36.1 Å². The number of nitrogens with one attached hydrogen (secondary N) is 1. The Morgan fingerprint density at radius 2 is 1.84 bits per heavy atom. The van der Waals surface area contributed by atoms with E-state index in [9.17, 15) is 4.79 Å². The van der Waals surface area contributed by atoms with E-state index in [0.29, 0.717) is 12.8 Å². The molecule has 2 aromatic carbocycles. The number of aromatic nitrogens is 2. The molecule has 0 spiro atoms. The molecule has 1 N–H and O–H groups in total. The number of hydrogen-bond acceptors (Lipinski definition) is 2. The van der Waals surface area contributed by atoms with Crippen LogP contribution in [0.3, 0.4) is 0 Å². The van der Waals surface area contributed by atoms with Crippen LogP contribution in [0.15, 0.2) is 67.0 Å². The average molecular weight is 333 g/mol. The van der Waals surface area contributed by atoms with Crippen molar-refractivity contribution in [3.8, 4) is 5.69 Å². The van der Waals surface area contributed by atoms with Crippen LogP contribution in [0.4, 0.5) is 0 Å². The minimum atomic E-state index is 0.0140. The van der Waals surface area contributed by atoms with Crippen LogP contribution in [-0.4, -0.2) is 15.7 Å². The minimum Gasteiger partial charge on any atom is -0.350 e. The van der Waals surface area contributed by atoms with Crippen molar-refractivity contribution in [3.05, 3.63) is 83.7 Å². The fourth-order valence-electron chi connectivity index (χ4n) is 2.72. The molecule has 0 aliphatic heterocycles. The molecule has 3 aromatic rings. The number of carbonyl (C=O) groups is 1. The Balaban J connectivity index is 1.52. The molecule has 0 aliphatic carbocycles. The Kier molecular flexibility index (Phi) is 5.29. The van der Waals surface area contributed by atoms with Crippen molar-refractivity contribution in [1.29, 1.82) is 0 Å². The molecule has 0 bridgehead atoms. The van der Waals surface area contributed by atoms with E-state index in [2.05, 4.69) is 41.6 Å². The van der Waals surface area contributed by atoms with E-state index >= 15 is 0 Å². The summed E-state index contributed by atoms with van der Waals surface area (Å²) in [6.07, 6.45) is 4.94. The molecule has 1 atom stereocenters. The van der Waals surface area contributed by atoms with Gasteiger partial charge in [-0.1, -0.05) is 48.0 Å². The van der Waals surface area contributed by atoms with Crippen molar-refractivity contribution in [3.63, 3.8) is 0 Å². The molecule has 0 radical (unpaired) electrons. The van der Waals surface area contributed by atoms with E-state index < -0.39 is 0 Å². The van der Waals surface area contributed by atoms with Gasteiger partial charge in [0, 0.05) is 12.6 Å². The molecular weight excluding hydrogens is 310 g/mol. The summed E-state index contributed by atoms with van der Waals surface area (Å²) in [6.45, 7) is 4.07. The van der Waals surface area contributed by atoms with Gasteiger partial charge >= 0.3 is 0 Å². The number of hydrogen-bond donors (Lipinski definition) is 1. The van der Waals surface area contributed by atoms with Gasteiger partial charge in [0.25, 0.3) is 0 Å². The Morgan fingerprint density at radius 1 is 1.12 bits per heavy atom. The first kappa shape index (κ1) is 17.0. The largest absolute Gasteiger partial charge is 0.350 e. The average Bonchev–Trinajstić information content (AvgIpc) is 3.10. The predicted octanol–water partition coefficient (Wildman–Crippen LogP) is 3.99. The lowest BCUT2D eigenvalue weighted by molar-refractivity contribution is -0.121. The number of benzene rings is 2. The highest BCUT2D eigenvalue weighted by Crippen LogP contribution is 2.14. The second-order valence-corrected chi connectivity index (χ2v) is 6.33. The molecule has 128 valence electrons. The van der Waals surface area contributed by atoms with Gasteiger partial charge in [0.15, 0.2) is 0 Å². The van der Waals surface area contributed by atoms with Crippen molar-refractivity contribution < 1.29 is 4.79 Å². The van der Waals surface area contributed by atoms with Crippen molar-refractivity contribution >= 4 is 5.91 Å². The van der Waals surface area contributed by atoms with Gasteiger partial charge in [-0.05, 0) is 43.5 Å². The molecule has 0 saturated heterocycles. The molecular formula is C21H23N3O. The van der Waals surface area contributed by atoms with E-state index in [-0.39, 0.29) is 11.9 Å². The number of carbonyl (C=O) groups excluding carboxylic acids is 1. The number of rotatable bonds is 6. The molecule has 3 rings (SSSR count). The molecule has 0 saturated carbocycles. The monoisotopic (exact) mass is 333 g/mol. The first-order valence-corrected chi connectivity index (χ1v) is 8.57. The molecule has 1 heterocycles. The standard InChI is InChI=1S/C21H23N3O/c1-16-8-11-19(12-9-16)17(2)23-21(25)13-10-18-14-22-24(15-18)20-6-4-3-5-7-20/h3-9,11-12,14-15,17H,10,13H2,1-2H3,(H,23,25). The van der Waals surface area contributed by atoms with Crippen LogP contribution in [0, 0.1) is 6.92 Å². The fraction of sp³-hybridized carbons (Fsp3) is 0.238. The summed E-state index contributed by atoms with van der Waals surface area (Å²) in [7, 11) is 0. The Labute approximate surface area is 148 Å². The molecule has 1 amide bonds. The molecule has 1 aromatic heterocycles. The Bertz CT molecular complexity index is 822. The maximum absolute atomic E-state index is 12.2. The van der Waals surface area contributed by atoms with E-state index in [0.717, 1.165) is 16.8 Å². The lowest BCUT2D eigenvalue weighted by Crippen LogP contribution is -2.26. The van der Waals surface area contributed by atoms with E-state index in [1.54, 1.807) is 0 Å². The van der Waals surface area contributed by atoms with Gasteiger partial charge in [-0.25, -0.2) is 4.68 Å². The second kappa shape index (κ2) is 7.79. The molecule has 1 unspecified atom stereocenters. The van der Waals surface area contributed by atoms with Gasteiger partial charge in [0.05, 0.1) is 17.9 Å². The lowest BCUT2D eigenvalue weighted by atomic mass is 10.1. The summed E-state index contributed by atoms with van der Waals surface area (Å²) in [4.78, 5) is 12.2. The quantitative estimate of drug-likeness (QED) is 0.741. The summed E-state index contributed by atoms with van der Waals surface area (Å²) >= 11 is 0. The van der Waals surface area contributed by atoms with Crippen molar-refractivity contribution in [2.24, 2.45) is 0 Å². The summed E-state index contributed by atoms with van der Waals surface area (Å²) in [5, 5.41) is 7.42. The van der Waals surface area contributed by atoms with Crippen LogP contribution < -0.4 is 5.32 Å². The van der Waals surface area contributed by atoms with Gasteiger partial charge in [-0.2, -0.15) is 5.10 Å². The van der Waals surface area contributed by atoms with Crippen LogP contribution >= 0.6 is 0 Å².